The Morgan fingerprint density at radius 1 is 1.38 bits per heavy atom. The van der Waals surface area contributed by atoms with Gasteiger partial charge in [0.1, 0.15) is 5.82 Å². The molecule has 0 unspecified atom stereocenters. The Labute approximate surface area is 93.0 Å². The molecule has 0 bridgehead atoms. The molecule has 0 fully saturated rings. The number of aryl methyl sites for hydroxylation is 1. The molecular weight excluding hydrogens is 207 g/mol. The second-order valence-electron chi connectivity index (χ2n) is 3.66. The number of benzene rings is 1. The molecular formula is C12H13FN2O. The van der Waals surface area contributed by atoms with Crippen LogP contribution in [0.2, 0.25) is 0 Å². The SMILES string of the molecule is COc1nc2c(C)cc(F)cc2cc1CN. The average Bonchev–Trinajstić information content (AvgIpc) is 2.27. The Kier molecular flexibility index (Phi) is 2.75. The molecule has 2 aromatic rings. The highest BCUT2D eigenvalue weighted by atomic mass is 19.1. The van der Waals surface area contributed by atoms with Gasteiger partial charge in [-0.25, -0.2) is 9.37 Å². The van der Waals surface area contributed by atoms with Crippen molar-refractivity contribution in [2.45, 2.75) is 13.5 Å². The van der Waals surface area contributed by atoms with Gasteiger partial charge < -0.3 is 10.5 Å². The maximum atomic E-state index is 13.2. The summed E-state index contributed by atoms with van der Waals surface area (Å²) in [5, 5.41) is 0.749. The Bertz CT molecular complexity index is 540. The van der Waals surface area contributed by atoms with Crippen LogP contribution in [-0.4, -0.2) is 12.1 Å². The lowest BCUT2D eigenvalue weighted by Gasteiger charge is -2.09. The Balaban J connectivity index is 2.78. The van der Waals surface area contributed by atoms with Crippen molar-refractivity contribution in [1.82, 2.24) is 4.98 Å². The molecule has 4 heteroatoms. The zero-order valence-corrected chi connectivity index (χ0v) is 9.25. The summed E-state index contributed by atoms with van der Waals surface area (Å²) in [5.41, 5.74) is 7.89. The van der Waals surface area contributed by atoms with Crippen LogP contribution < -0.4 is 10.5 Å². The minimum Gasteiger partial charge on any atom is -0.481 e. The lowest BCUT2D eigenvalue weighted by Crippen LogP contribution is -2.02. The van der Waals surface area contributed by atoms with Crippen molar-refractivity contribution in [2.24, 2.45) is 5.73 Å². The number of rotatable bonds is 2. The van der Waals surface area contributed by atoms with Crippen LogP contribution >= 0.6 is 0 Å². The predicted octanol–water partition coefficient (Wildman–Crippen LogP) is 2.15. The van der Waals surface area contributed by atoms with E-state index in [2.05, 4.69) is 4.98 Å². The second kappa shape index (κ2) is 4.06. The minimum atomic E-state index is -0.264. The molecule has 0 saturated carbocycles. The molecule has 1 aromatic carbocycles. The normalized spacial score (nSPS) is 10.8. The molecule has 0 aliphatic rings. The molecule has 1 heterocycles. The number of hydrogen-bond donors (Lipinski definition) is 1. The number of ether oxygens (including phenoxy) is 1. The first kappa shape index (κ1) is 10.8. The van der Waals surface area contributed by atoms with Gasteiger partial charge >= 0.3 is 0 Å². The number of aromatic nitrogens is 1. The van der Waals surface area contributed by atoms with Crippen molar-refractivity contribution >= 4 is 10.9 Å². The van der Waals surface area contributed by atoms with Crippen molar-refractivity contribution in [3.05, 3.63) is 35.1 Å². The Morgan fingerprint density at radius 3 is 2.75 bits per heavy atom. The van der Waals surface area contributed by atoms with E-state index >= 15 is 0 Å². The largest absolute Gasteiger partial charge is 0.481 e. The predicted molar refractivity (Wildman–Crippen MR) is 60.9 cm³/mol. The maximum Gasteiger partial charge on any atom is 0.218 e. The zero-order chi connectivity index (χ0) is 11.7. The Morgan fingerprint density at radius 2 is 2.12 bits per heavy atom. The smallest absolute Gasteiger partial charge is 0.218 e. The lowest BCUT2D eigenvalue weighted by atomic mass is 10.1. The van der Waals surface area contributed by atoms with Gasteiger partial charge in [0, 0.05) is 17.5 Å². The highest BCUT2D eigenvalue weighted by molar-refractivity contribution is 5.83. The van der Waals surface area contributed by atoms with E-state index < -0.39 is 0 Å². The van der Waals surface area contributed by atoms with Crippen LogP contribution in [0.25, 0.3) is 10.9 Å². The monoisotopic (exact) mass is 220 g/mol. The molecule has 16 heavy (non-hydrogen) atoms. The van der Waals surface area contributed by atoms with E-state index in [1.807, 2.05) is 13.0 Å². The number of hydrogen-bond acceptors (Lipinski definition) is 3. The van der Waals surface area contributed by atoms with Crippen LogP contribution in [0.5, 0.6) is 5.88 Å². The summed E-state index contributed by atoms with van der Waals surface area (Å²) in [5.74, 6) is 0.240. The van der Waals surface area contributed by atoms with E-state index in [1.54, 1.807) is 7.11 Å². The van der Waals surface area contributed by atoms with E-state index in [-0.39, 0.29) is 5.82 Å². The van der Waals surface area contributed by atoms with Crippen LogP contribution in [0.3, 0.4) is 0 Å². The third-order valence-corrected chi connectivity index (χ3v) is 2.53. The topological polar surface area (TPSA) is 48.1 Å². The number of nitrogens with zero attached hydrogens (tertiary/aromatic N) is 1. The number of halogens is 1. The highest BCUT2D eigenvalue weighted by Gasteiger charge is 2.08. The number of nitrogens with two attached hydrogens (primary N) is 1. The van der Waals surface area contributed by atoms with E-state index in [0.29, 0.717) is 12.4 Å². The molecule has 0 aliphatic carbocycles. The summed E-state index contributed by atoms with van der Waals surface area (Å²) < 4.78 is 18.4. The lowest BCUT2D eigenvalue weighted by molar-refractivity contribution is 0.394. The van der Waals surface area contributed by atoms with Crippen molar-refractivity contribution in [3.63, 3.8) is 0 Å². The first-order chi connectivity index (χ1) is 7.65. The van der Waals surface area contributed by atoms with Gasteiger partial charge in [-0.3, -0.25) is 0 Å². The van der Waals surface area contributed by atoms with Gasteiger partial charge in [0.05, 0.1) is 12.6 Å². The molecule has 0 atom stereocenters. The average molecular weight is 220 g/mol. The van der Waals surface area contributed by atoms with E-state index in [4.69, 9.17) is 10.5 Å². The van der Waals surface area contributed by atoms with E-state index in [9.17, 15) is 4.39 Å². The fourth-order valence-electron chi connectivity index (χ4n) is 1.77. The van der Waals surface area contributed by atoms with Gasteiger partial charge in [-0.1, -0.05) is 0 Å². The van der Waals surface area contributed by atoms with Crippen molar-refractivity contribution < 1.29 is 9.13 Å². The van der Waals surface area contributed by atoms with Gasteiger partial charge in [0.2, 0.25) is 5.88 Å². The third kappa shape index (κ3) is 1.72. The zero-order valence-electron chi connectivity index (χ0n) is 9.25. The summed E-state index contributed by atoms with van der Waals surface area (Å²) in [6.07, 6.45) is 0. The molecule has 3 nitrogen and oxygen atoms in total. The fourth-order valence-corrected chi connectivity index (χ4v) is 1.77. The summed E-state index contributed by atoms with van der Waals surface area (Å²) >= 11 is 0. The van der Waals surface area contributed by atoms with Crippen LogP contribution in [0.4, 0.5) is 4.39 Å². The van der Waals surface area contributed by atoms with Crippen LogP contribution in [-0.2, 0) is 6.54 Å². The summed E-state index contributed by atoms with van der Waals surface area (Å²) in [6.45, 7) is 2.14. The molecule has 0 radical (unpaired) electrons. The quantitative estimate of drug-likeness (QED) is 0.843. The number of fused-ring (bicyclic) bond motifs is 1. The molecule has 0 saturated heterocycles. The molecule has 84 valence electrons. The summed E-state index contributed by atoms with van der Waals surface area (Å²) in [4.78, 5) is 4.34. The second-order valence-corrected chi connectivity index (χ2v) is 3.66. The molecule has 0 spiro atoms. The van der Waals surface area contributed by atoms with Crippen LogP contribution in [0.1, 0.15) is 11.1 Å². The van der Waals surface area contributed by atoms with Crippen molar-refractivity contribution in [1.29, 1.82) is 0 Å². The minimum absolute atomic E-state index is 0.264. The van der Waals surface area contributed by atoms with Gasteiger partial charge in [0.15, 0.2) is 0 Å². The molecule has 1 aromatic heterocycles. The number of methoxy groups -OCH3 is 1. The van der Waals surface area contributed by atoms with Gasteiger partial charge in [-0.05, 0) is 30.7 Å². The van der Waals surface area contributed by atoms with Gasteiger partial charge in [-0.2, -0.15) is 0 Å². The van der Waals surface area contributed by atoms with E-state index in [0.717, 1.165) is 22.0 Å². The maximum absolute atomic E-state index is 13.2. The highest BCUT2D eigenvalue weighted by Crippen LogP contribution is 2.24. The van der Waals surface area contributed by atoms with Crippen molar-refractivity contribution in [3.8, 4) is 5.88 Å². The van der Waals surface area contributed by atoms with Crippen molar-refractivity contribution in [2.75, 3.05) is 7.11 Å². The van der Waals surface area contributed by atoms with Crippen LogP contribution in [0, 0.1) is 12.7 Å². The summed E-state index contributed by atoms with van der Waals surface area (Å²) in [7, 11) is 1.55. The van der Waals surface area contributed by atoms with E-state index in [1.165, 1.54) is 12.1 Å². The van der Waals surface area contributed by atoms with Gasteiger partial charge in [-0.15, -0.1) is 0 Å². The molecule has 2 N–H and O–H groups in total. The molecule has 0 amide bonds. The third-order valence-electron chi connectivity index (χ3n) is 2.53. The first-order valence-electron chi connectivity index (χ1n) is 4.99. The number of pyridine rings is 1. The summed E-state index contributed by atoms with van der Waals surface area (Å²) in [6, 6.07) is 4.72. The van der Waals surface area contributed by atoms with Gasteiger partial charge in [0.25, 0.3) is 0 Å². The first-order valence-corrected chi connectivity index (χ1v) is 4.99. The molecule has 2 rings (SSSR count). The standard InChI is InChI=1S/C12H13FN2O/c1-7-3-10(13)5-8-4-9(6-14)12(16-2)15-11(7)8/h3-5H,6,14H2,1-2H3. The molecule has 0 aliphatic heterocycles. The Hall–Kier alpha value is -1.68. The fraction of sp³-hybridized carbons (Fsp3) is 0.250. The van der Waals surface area contributed by atoms with Crippen LogP contribution in [0.15, 0.2) is 18.2 Å².